The fraction of sp³-hybridized carbons (Fsp3) is 0.500. The van der Waals surface area contributed by atoms with E-state index in [0.717, 1.165) is 37.2 Å². The van der Waals surface area contributed by atoms with Gasteiger partial charge in [0, 0.05) is 25.3 Å². The Morgan fingerprint density at radius 3 is 2.72 bits per heavy atom. The maximum Gasteiger partial charge on any atom is 0.321 e. The molecule has 3 N–H and O–H groups in total. The van der Waals surface area contributed by atoms with Crippen molar-refractivity contribution in [1.29, 1.82) is 0 Å². The van der Waals surface area contributed by atoms with Crippen LogP contribution in [0.3, 0.4) is 0 Å². The Kier molecular flexibility index (Phi) is 4.20. The fourth-order valence-electron chi connectivity index (χ4n) is 2.28. The van der Waals surface area contributed by atoms with Crippen molar-refractivity contribution in [2.75, 3.05) is 18.4 Å². The van der Waals surface area contributed by atoms with Gasteiger partial charge < -0.3 is 16.0 Å². The zero-order valence-electron chi connectivity index (χ0n) is 10.9. The topological polar surface area (TPSA) is 58.4 Å². The largest absolute Gasteiger partial charge is 0.326 e. The standard InChI is InChI=1S/C14H21N3O/c1-2-11-7-8-17(10-11)14(18)16-13-5-3-12(9-15)4-6-13/h3-6,11H,2,7-10,15H2,1H3,(H,16,18). The molecule has 1 heterocycles. The van der Waals surface area contributed by atoms with Crippen molar-refractivity contribution in [3.8, 4) is 0 Å². The van der Waals surface area contributed by atoms with Crippen LogP contribution in [0.4, 0.5) is 10.5 Å². The van der Waals surface area contributed by atoms with Crippen molar-refractivity contribution in [2.45, 2.75) is 26.3 Å². The van der Waals surface area contributed by atoms with Crippen LogP contribution in [-0.4, -0.2) is 24.0 Å². The van der Waals surface area contributed by atoms with E-state index in [1.807, 2.05) is 29.2 Å². The average molecular weight is 247 g/mol. The zero-order chi connectivity index (χ0) is 13.0. The van der Waals surface area contributed by atoms with Gasteiger partial charge in [0.2, 0.25) is 0 Å². The summed E-state index contributed by atoms with van der Waals surface area (Å²) in [6.07, 6.45) is 2.27. The molecule has 1 unspecified atom stereocenters. The van der Waals surface area contributed by atoms with Crippen molar-refractivity contribution in [2.24, 2.45) is 11.7 Å². The van der Waals surface area contributed by atoms with Crippen LogP contribution in [0.15, 0.2) is 24.3 Å². The summed E-state index contributed by atoms with van der Waals surface area (Å²) in [5, 5.41) is 2.93. The molecule has 1 aromatic carbocycles. The summed E-state index contributed by atoms with van der Waals surface area (Å²) in [5.41, 5.74) is 7.44. The maximum atomic E-state index is 12.0. The molecule has 0 radical (unpaired) electrons. The van der Waals surface area contributed by atoms with E-state index in [0.29, 0.717) is 12.5 Å². The number of hydrogen-bond acceptors (Lipinski definition) is 2. The van der Waals surface area contributed by atoms with E-state index in [4.69, 9.17) is 5.73 Å². The smallest absolute Gasteiger partial charge is 0.321 e. The third-order valence-corrected chi connectivity index (χ3v) is 3.59. The Balaban J connectivity index is 1.90. The minimum absolute atomic E-state index is 0.00597. The molecule has 0 aliphatic carbocycles. The molecule has 0 spiro atoms. The van der Waals surface area contributed by atoms with E-state index >= 15 is 0 Å². The van der Waals surface area contributed by atoms with Crippen LogP contribution in [0.25, 0.3) is 0 Å². The highest BCUT2D eigenvalue weighted by Gasteiger charge is 2.24. The highest BCUT2D eigenvalue weighted by molar-refractivity contribution is 5.89. The number of nitrogens with zero attached hydrogens (tertiary/aromatic N) is 1. The number of likely N-dealkylation sites (tertiary alicyclic amines) is 1. The second kappa shape index (κ2) is 5.87. The van der Waals surface area contributed by atoms with E-state index in [1.54, 1.807) is 0 Å². The van der Waals surface area contributed by atoms with Gasteiger partial charge in [-0.05, 0) is 30.0 Å². The molecule has 1 aromatic rings. The number of hydrogen-bond donors (Lipinski definition) is 2. The Morgan fingerprint density at radius 1 is 1.44 bits per heavy atom. The number of carbonyl (C=O) groups is 1. The van der Waals surface area contributed by atoms with E-state index in [1.165, 1.54) is 0 Å². The van der Waals surface area contributed by atoms with Crippen molar-refractivity contribution >= 4 is 11.7 Å². The molecule has 4 nitrogen and oxygen atoms in total. The highest BCUT2D eigenvalue weighted by atomic mass is 16.2. The number of carbonyl (C=O) groups excluding carboxylic acids is 1. The number of anilines is 1. The van der Waals surface area contributed by atoms with Gasteiger partial charge in [-0.1, -0.05) is 25.5 Å². The molecular weight excluding hydrogens is 226 g/mol. The molecule has 4 heteroatoms. The lowest BCUT2D eigenvalue weighted by Gasteiger charge is -2.17. The summed E-state index contributed by atoms with van der Waals surface area (Å²) < 4.78 is 0. The zero-order valence-corrected chi connectivity index (χ0v) is 10.9. The van der Waals surface area contributed by atoms with Gasteiger partial charge in [0.1, 0.15) is 0 Å². The first kappa shape index (κ1) is 12.9. The van der Waals surface area contributed by atoms with Crippen LogP contribution >= 0.6 is 0 Å². The lowest BCUT2D eigenvalue weighted by molar-refractivity contribution is 0.220. The van der Waals surface area contributed by atoms with Crippen molar-refractivity contribution in [3.63, 3.8) is 0 Å². The molecule has 0 bridgehead atoms. The van der Waals surface area contributed by atoms with Crippen molar-refractivity contribution < 1.29 is 4.79 Å². The molecule has 98 valence electrons. The number of nitrogens with two attached hydrogens (primary N) is 1. The molecule has 2 rings (SSSR count). The van der Waals surface area contributed by atoms with Gasteiger partial charge in [-0.3, -0.25) is 0 Å². The number of amides is 2. The van der Waals surface area contributed by atoms with Crippen molar-refractivity contribution in [1.82, 2.24) is 4.90 Å². The average Bonchev–Trinajstić information content (AvgIpc) is 2.88. The van der Waals surface area contributed by atoms with Gasteiger partial charge >= 0.3 is 6.03 Å². The number of benzene rings is 1. The van der Waals surface area contributed by atoms with Crippen LogP contribution < -0.4 is 11.1 Å². The summed E-state index contributed by atoms with van der Waals surface area (Å²) in [6, 6.07) is 7.68. The summed E-state index contributed by atoms with van der Waals surface area (Å²) in [7, 11) is 0. The van der Waals surface area contributed by atoms with E-state index in [2.05, 4.69) is 12.2 Å². The minimum atomic E-state index is 0.00597. The number of rotatable bonds is 3. The Morgan fingerprint density at radius 2 is 2.17 bits per heavy atom. The number of nitrogens with one attached hydrogen (secondary N) is 1. The second-order valence-corrected chi connectivity index (χ2v) is 4.84. The number of urea groups is 1. The molecular formula is C14H21N3O. The summed E-state index contributed by atoms with van der Waals surface area (Å²) in [6.45, 7) is 4.45. The lowest BCUT2D eigenvalue weighted by atomic mass is 10.1. The first-order valence-electron chi connectivity index (χ1n) is 6.58. The first-order valence-corrected chi connectivity index (χ1v) is 6.58. The molecule has 2 amide bonds. The predicted octanol–water partition coefficient (Wildman–Crippen LogP) is 2.41. The summed E-state index contributed by atoms with van der Waals surface area (Å²) in [5.74, 6) is 0.662. The molecule has 1 fully saturated rings. The lowest BCUT2D eigenvalue weighted by Crippen LogP contribution is -2.32. The first-order chi connectivity index (χ1) is 8.72. The third kappa shape index (κ3) is 3.01. The molecule has 1 atom stereocenters. The van der Waals surface area contributed by atoms with Crippen LogP contribution in [-0.2, 0) is 6.54 Å². The minimum Gasteiger partial charge on any atom is -0.326 e. The van der Waals surface area contributed by atoms with E-state index < -0.39 is 0 Å². The highest BCUT2D eigenvalue weighted by Crippen LogP contribution is 2.20. The fourth-order valence-corrected chi connectivity index (χ4v) is 2.28. The molecule has 1 aliphatic rings. The normalized spacial score (nSPS) is 19.0. The molecule has 0 saturated carbocycles. The van der Waals surface area contributed by atoms with Gasteiger partial charge in [-0.25, -0.2) is 4.79 Å². The maximum absolute atomic E-state index is 12.0. The van der Waals surface area contributed by atoms with Crippen molar-refractivity contribution in [3.05, 3.63) is 29.8 Å². The van der Waals surface area contributed by atoms with Gasteiger partial charge in [-0.15, -0.1) is 0 Å². The molecule has 0 aromatic heterocycles. The Labute approximate surface area is 108 Å². The summed E-state index contributed by atoms with van der Waals surface area (Å²) >= 11 is 0. The van der Waals surface area contributed by atoms with Crippen LogP contribution in [0.1, 0.15) is 25.3 Å². The monoisotopic (exact) mass is 247 g/mol. The van der Waals surface area contributed by atoms with Gasteiger partial charge in [0.25, 0.3) is 0 Å². The predicted molar refractivity (Wildman–Crippen MR) is 73.3 cm³/mol. The van der Waals surface area contributed by atoms with Gasteiger partial charge in [-0.2, -0.15) is 0 Å². The van der Waals surface area contributed by atoms with Crippen LogP contribution in [0.5, 0.6) is 0 Å². The van der Waals surface area contributed by atoms with Crippen LogP contribution in [0, 0.1) is 5.92 Å². The van der Waals surface area contributed by atoms with Gasteiger partial charge in [0.05, 0.1) is 0 Å². The third-order valence-electron chi connectivity index (χ3n) is 3.59. The summed E-state index contributed by atoms with van der Waals surface area (Å²) in [4.78, 5) is 13.9. The van der Waals surface area contributed by atoms with Gasteiger partial charge in [0.15, 0.2) is 0 Å². The molecule has 1 saturated heterocycles. The Bertz CT molecular complexity index is 402. The quantitative estimate of drug-likeness (QED) is 0.861. The molecule has 18 heavy (non-hydrogen) atoms. The van der Waals surface area contributed by atoms with E-state index in [9.17, 15) is 4.79 Å². The second-order valence-electron chi connectivity index (χ2n) is 4.84. The molecule has 1 aliphatic heterocycles. The SMILES string of the molecule is CCC1CCN(C(=O)Nc2ccc(CN)cc2)C1. The van der Waals surface area contributed by atoms with E-state index in [-0.39, 0.29) is 6.03 Å². The van der Waals surface area contributed by atoms with Crippen LogP contribution in [0.2, 0.25) is 0 Å². The Hall–Kier alpha value is -1.55.